The minimum absolute atomic E-state index is 0.0679. The van der Waals surface area contributed by atoms with Crippen LogP contribution in [0.2, 0.25) is 5.02 Å². The Morgan fingerprint density at radius 3 is 2.42 bits per heavy atom. The van der Waals surface area contributed by atoms with Crippen molar-refractivity contribution < 1.29 is 4.79 Å². The van der Waals surface area contributed by atoms with E-state index in [2.05, 4.69) is 49.9 Å². The summed E-state index contributed by atoms with van der Waals surface area (Å²) in [6.45, 7) is 8.61. The molecule has 1 atom stereocenters. The zero-order valence-electron chi connectivity index (χ0n) is 19.3. The molecule has 4 rings (SSSR count). The number of benzene rings is 2. The van der Waals surface area contributed by atoms with Crippen molar-refractivity contribution in [2.75, 3.05) is 13.1 Å². The maximum atomic E-state index is 11.7. The van der Waals surface area contributed by atoms with Crippen LogP contribution in [0.3, 0.4) is 0 Å². The summed E-state index contributed by atoms with van der Waals surface area (Å²) in [4.78, 5) is 13.9. The third kappa shape index (κ3) is 5.21. The van der Waals surface area contributed by atoms with Crippen LogP contribution in [0.4, 0.5) is 0 Å². The van der Waals surface area contributed by atoms with Gasteiger partial charge in [-0.15, -0.1) is 5.10 Å². The number of carbonyl (C=O) groups excluding carboxylic acids is 1. The van der Waals surface area contributed by atoms with Crippen LogP contribution in [0.1, 0.15) is 39.2 Å². The summed E-state index contributed by atoms with van der Waals surface area (Å²) >= 11 is 12.0. The van der Waals surface area contributed by atoms with E-state index >= 15 is 0 Å². The summed E-state index contributed by atoms with van der Waals surface area (Å²) in [6, 6.07) is 16.1. The number of nitrogens with zero attached hydrogens (tertiary/aromatic N) is 4. The standard InChI is InChI=1S/C25H30ClN5OS/c1-25(2,3)19-8-6-17(7-9-19)23-28-30(16-29-14-4-5-18(15-29)22(27)32)24(33)31(23)21-12-10-20(26)11-13-21/h6-13,18H,4-5,14-16H2,1-3H3,(H2,27,32). The smallest absolute Gasteiger partial charge is 0.221 e. The molecule has 1 amide bonds. The van der Waals surface area contributed by atoms with Crippen LogP contribution in [-0.4, -0.2) is 38.2 Å². The summed E-state index contributed by atoms with van der Waals surface area (Å²) in [5.41, 5.74) is 8.77. The van der Waals surface area contributed by atoms with E-state index in [-0.39, 0.29) is 17.2 Å². The second kappa shape index (κ2) is 9.41. The molecule has 3 aromatic rings. The van der Waals surface area contributed by atoms with E-state index in [1.54, 1.807) is 0 Å². The van der Waals surface area contributed by atoms with Gasteiger partial charge in [0, 0.05) is 17.1 Å². The van der Waals surface area contributed by atoms with Crippen molar-refractivity contribution >= 4 is 29.7 Å². The van der Waals surface area contributed by atoms with Crippen LogP contribution < -0.4 is 5.73 Å². The quantitative estimate of drug-likeness (QED) is 0.508. The van der Waals surface area contributed by atoms with Gasteiger partial charge in [-0.2, -0.15) is 0 Å². The number of rotatable bonds is 5. The molecule has 174 valence electrons. The summed E-state index contributed by atoms with van der Waals surface area (Å²) in [6.07, 6.45) is 1.77. The first-order valence-electron chi connectivity index (χ1n) is 11.2. The number of piperidine rings is 1. The minimum atomic E-state index is -0.241. The Balaban J connectivity index is 1.74. The van der Waals surface area contributed by atoms with Gasteiger partial charge in [0.2, 0.25) is 10.7 Å². The maximum absolute atomic E-state index is 11.7. The third-order valence-corrected chi connectivity index (χ3v) is 6.82. The maximum Gasteiger partial charge on any atom is 0.221 e. The van der Waals surface area contributed by atoms with Gasteiger partial charge in [-0.25, -0.2) is 4.68 Å². The van der Waals surface area contributed by atoms with Crippen molar-refractivity contribution in [3.63, 3.8) is 0 Å². The van der Waals surface area contributed by atoms with Crippen LogP contribution in [0.15, 0.2) is 48.5 Å². The predicted molar refractivity (Wildman–Crippen MR) is 135 cm³/mol. The van der Waals surface area contributed by atoms with Crippen LogP contribution >= 0.6 is 23.8 Å². The SMILES string of the molecule is CC(C)(C)c1ccc(-c2nn(CN3CCCC(C(N)=O)C3)c(=S)n2-c2ccc(Cl)cc2)cc1. The van der Waals surface area contributed by atoms with Crippen LogP contribution in [0.5, 0.6) is 0 Å². The first kappa shape index (κ1) is 23.7. The highest BCUT2D eigenvalue weighted by Crippen LogP contribution is 2.28. The van der Waals surface area contributed by atoms with Crippen LogP contribution in [-0.2, 0) is 16.9 Å². The number of nitrogens with two attached hydrogens (primary N) is 1. The largest absolute Gasteiger partial charge is 0.369 e. The van der Waals surface area contributed by atoms with Crippen molar-refractivity contribution in [3.8, 4) is 17.1 Å². The summed E-state index contributed by atoms with van der Waals surface area (Å²) in [5, 5.41) is 5.59. The van der Waals surface area contributed by atoms with E-state index in [0.717, 1.165) is 36.5 Å². The molecule has 2 heterocycles. The van der Waals surface area contributed by atoms with E-state index in [9.17, 15) is 4.79 Å². The lowest BCUT2D eigenvalue weighted by molar-refractivity contribution is -0.123. The fourth-order valence-corrected chi connectivity index (χ4v) is 4.65. The second-order valence-corrected chi connectivity index (χ2v) is 10.5. The topological polar surface area (TPSA) is 69.1 Å². The average molecular weight is 484 g/mol. The van der Waals surface area contributed by atoms with Gasteiger partial charge in [0.15, 0.2) is 5.82 Å². The highest BCUT2D eigenvalue weighted by atomic mass is 35.5. The highest BCUT2D eigenvalue weighted by Gasteiger charge is 2.25. The Labute approximate surface area is 205 Å². The van der Waals surface area contributed by atoms with Crippen molar-refractivity contribution in [1.29, 1.82) is 0 Å². The lowest BCUT2D eigenvalue weighted by Gasteiger charge is -2.30. The predicted octanol–water partition coefficient (Wildman–Crippen LogP) is 5.18. The van der Waals surface area contributed by atoms with Crippen molar-refractivity contribution in [3.05, 3.63) is 63.9 Å². The molecule has 1 aliphatic heterocycles. The fourth-order valence-electron chi connectivity index (χ4n) is 4.23. The molecule has 1 aromatic heterocycles. The van der Waals surface area contributed by atoms with Crippen molar-refractivity contribution in [2.45, 2.75) is 45.7 Å². The average Bonchev–Trinajstić information content (AvgIpc) is 3.10. The monoisotopic (exact) mass is 483 g/mol. The number of carbonyl (C=O) groups is 1. The number of hydrogen-bond donors (Lipinski definition) is 1. The number of amides is 1. The molecule has 2 N–H and O–H groups in total. The number of likely N-dealkylation sites (tertiary alicyclic amines) is 1. The van der Waals surface area contributed by atoms with Gasteiger partial charge in [0.1, 0.15) is 0 Å². The molecular formula is C25H30ClN5OS. The van der Waals surface area contributed by atoms with Crippen LogP contribution in [0.25, 0.3) is 17.1 Å². The zero-order chi connectivity index (χ0) is 23.8. The van der Waals surface area contributed by atoms with Crippen LogP contribution in [0, 0.1) is 10.7 Å². The first-order chi connectivity index (χ1) is 15.6. The second-order valence-electron chi connectivity index (χ2n) is 9.70. The molecule has 0 bridgehead atoms. The Morgan fingerprint density at radius 2 is 1.82 bits per heavy atom. The molecule has 0 saturated carbocycles. The van der Waals surface area contributed by atoms with E-state index in [1.165, 1.54) is 5.56 Å². The zero-order valence-corrected chi connectivity index (χ0v) is 20.9. The normalized spacial score (nSPS) is 17.3. The van der Waals surface area contributed by atoms with E-state index in [0.29, 0.717) is 23.0 Å². The summed E-state index contributed by atoms with van der Waals surface area (Å²) in [7, 11) is 0. The van der Waals surface area contributed by atoms with Gasteiger partial charge < -0.3 is 5.73 Å². The molecule has 2 aromatic carbocycles. The molecule has 1 aliphatic rings. The van der Waals surface area contributed by atoms with Crippen molar-refractivity contribution in [2.24, 2.45) is 11.7 Å². The molecule has 1 unspecified atom stereocenters. The Hall–Kier alpha value is -2.48. The number of halogens is 1. The van der Waals surface area contributed by atoms with Gasteiger partial charge in [-0.1, -0.05) is 56.6 Å². The third-order valence-electron chi connectivity index (χ3n) is 6.18. The number of hydrogen-bond acceptors (Lipinski definition) is 4. The van der Waals surface area contributed by atoms with E-state index < -0.39 is 0 Å². The van der Waals surface area contributed by atoms with Gasteiger partial charge in [0.25, 0.3) is 0 Å². The van der Waals surface area contributed by atoms with Crippen molar-refractivity contribution in [1.82, 2.24) is 19.2 Å². The minimum Gasteiger partial charge on any atom is -0.369 e. The Morgan fingerprint density at radius 1 is 1.15 bits per heavy atom. The molecule has 1 fully saturated rings. The molecule has 0 aliphatic carbocycles. The lowest BCUT2D eigenvalue weighted by atomic mass is 9.87. The molecular weight excluding hydrogens is 454 g/mol. The Kier molecular flexibility index (Phi) is 6.75. The fraction of sp³-hybridized carbons (Fsp3) is 0.400. The molecule has 0 spiro atoms. The van der Waals surface area contributed by atoms with Gasteiger partial charge in [-0.05, 0) is 66.8 Å². The van der Waals surface area contributed by atoms with E-state index in [1.807, 2.05) is 33.5 Å². The number of primary amides is 1. The summed E-state index contributed by atoms with van der Waals surface area (Å²) in [5.74, 6) is 0.400. The van der Waals surface area contributed by atoms with E-state index in [4.69, 9.17) is 34.7 Å². The van der Waals surface area contributed by atoms with Gasteiger partial charge in [-0.3, -0.25) is 14.3 Å². The molecule has 1 saturated heterocycles. The molecule has 6 nitrogen and oxygen atoms in total. The first-order valence-corrected chi connectivity index (χ1v) is 12.0. The van der Waals surface area contributed by atoms with Gasteiger partial charge >= 0.3 is 0 Å². The number of aromatic nitrogens is 3. The molecule has 33 heavy (non-hydrogen) atoms. The summed E-state index contributed by atoms with van der Waals surface area (Å²) < 4.78 is 4.40. The Bertz CT molecular complexity index is 1190. The van der Waals surface area contributed by atoms with Gasteiger partial charge in [0.05, 0.1) is 18.3 Å². The highest BCUT2D eigenvalue weighted by molar-refractivity contribution is 7.71. The molecule has 0 radical (unpaired) electrons. The molecule has 8 heteroatoms. The lowest BCUT2D eigenvalue weighted by Crippen LogP contribution is -2.42.